The fraction of sp³-hybridized carbons (Fsp3) is 0.200. The first-order valence-electron chi connectivity index (χ1n) is 13.4. The van der Waals surface area contributed by atoms with E-state index in [4.69, 9.17) is 9.40 Å². The molecule has 3 heterocycles. The second-order valence-electron chi connectivity index (χ2n) is 11.3. The van der Waals surface area contributed by atoms with Gasteiger partial charge in [0.2, 0.25) is 0 Å². The molecule has 0 N–H and O–H groups in total. The number of para-hydroxylation sites is 1. The fourth-order valence-corrected chi connectivity index (χ4v) is 6.13. The van der Waals surface area contributed by atoms with E-state index in [1.807, 2.05) is 61.8 Å². The van der Waals surface area contributed by atoms with Crippen molar-refractivity contribution in [2.24, 2.45) is 0 Å². The number of pyridine rings is 2. The molecule has 0 aliphatic carbocycles. The third-order valence-corrected chi connectivity index (χ3v) is 8.88. The van der Waals surface area contributed by atoms with Gasteiger partial charge in [0.05, 0.1) is 5.58 Å². The Hall–Kier alpha value is -3.37. The quantitative estimate of drug-likeness (QED) is 0.135. The van der Waals surface area contributed by atoms with E-state index in [9.17, 15) is 0 Å². The van der Waals surface area contributed by atoms with E-state index >= 15 is 0 Å². The zero-order valence-electron chi connectivity index (χ0n) is 23.9. The van der Waals surface area contributed by atoms with Crippen LogP contribution in [-0.4, -0.2) is 18.0 Å². The standard InChI is InChI=1S/C23H24NOSi.C12H10N.Ir/c1-15(2)16-10-12-19(24-14-16)17-11-13-21(26(3,4)5)22-18-8-6-7-9-20(18)25-23(17)22;1-10-7-8-12(13-9-10)11-5-3-2-4-6-11;/h6-10,12-15H,1-5H3;2-5,7-9H,1H3;/q2*-1;. The normalized spacial score (nSPS) is 11.3. The van der Waals surface area contributed by atoms with E-state index in [0.29, 0.717) is 5.92 Å². The Morgan fingerprint density at radius 3 is 2.15 bits per heavy atom. The average Bonchev–Trinajstić information content (AvgIpc) is 3.33. The largest absolute Gasteiger partial charge is 0.501 e. The van der Waals surface area contributed by atoms with Gasteiger partial charge in [0.1, 0.15) is 5.58 Å². The predicted octanol–water partition coefficient (Wildman–Crippen LogP) is 8.97. The molecule has 0 aliphatic rings. The maximum absolute atomic E-state index is 6.30. The van der Waals surface area contributed by atoms with Crippen molar-refractivity contribution in [3.8, 4) is 22.5 Å². The molecule has 3 aromatic carbocycles. The monoisotopic (exact) mass is 719 g/mol. The molecular formula is C35H34IrN2OSi-2. The van der Waals surface area contributed by atoms with Crippen LogP contribution in [0.15, 0.2) is 95.7 Å². The molecule has 5 heteroatoms. The van der Waals surface area contributed by atoms with Gasteiger partial charge in [-0.2, -0.15) is 0 Å². The van der Waals surface area contributed by atoms with E-state index in [2.05, 4.69) is 87.0 Å². The van der Waals surface area contributed by atoms with E-state index < -0.39 is 8.07 Å². The number of rotatable bonds is 4. The third-order valence-electron chi connectivity index (χ3n) is 6.87. The van der Waals surface area contributed by atoms with E-state index in [1.165, 1.54) is 27.1 Å². The number of hydrogen-bond acceptors (Lipinski definition) is 3. The zero-order chi connectivity index (χ0) is 27.6. The minimum atomic E-state index is -1.54. The molecule has 0 amide bonds. The van der Waals surface area contributed by atoms with Crippen molar-refractivity contribution in [3.05, 3.63) is 115 Å². The van der Waals surface area contributed by atoms with Crippen molar-refractivity contribution >= 4 is 35.2 Å². The molecular weight excluding hydrogens is 685 g/mol. The molecule has 0 aliphatic heterocycles. The van der Waals surface area contributed by atoms with Crippen LogP contribution in [0.25, 0.3) is 44.5 Å². The molecule has 3 nitrogen and oxygen atoms in total. The Morgan fingerprint density at radius 2 is 1.52 bits per heavy atom. The fourth-order valence-electron chi connectivity index (χ4n) is 4.63. The van der Waals surface area contributed by atoms with Crippen molar-refractivity contribution in [3.63, 3.8) is 0 Å². The van der Waals surface area contributed by atoms with Crippen molar-refractivity contribution in [2.45, 2.75) is 46.3 Å². The first kappa shape index (κ1) is 29.6. The van der Waals surface area contributed by atoms with Crippen LogP contribution in [0, 0.1) is 19.1 Å². The Kier molecular flexibility index (Phi) is 9.20. The Bertz CT molecular complexity index is 1700. The summed E-state index contributed by atoms with van der Waals surface area (Å²) < 4.78 is 6.30. The molecule has 0 spiro atoms. The summed E-state index contributed by atoms with van der Waals surface area (Å²) in [5.41, 5.74) is 8.16. The number of furan rings is 1. The summed E-state index contributed by atoms with van der Waals surface area (Å²) >= 11 is 0. The molecule has 0 bridgehead atoms. The Morgan fingerprint density at radius 1 is 0.800 bits per heavy atom. The van der Waals surface area contributed by atoms with Crippen LogP contribution in [0.4, 0.5) is 0 Å². The van der Waals surface area contributed by atoms with Gasteiger partial charge in [0.25, 0.3) is 0 Å². The van der Waals surface area contributed by atoms with Gasteiger partial charge in [-0.15, -0.1) is 53.2 Å². The van der Waals surface area contributed by atoms with E-state index in [-0.39, 0.29) is 20.1 Å². The first-order chi connectivity index (χ1) is 18.7. The van der Waals surface area contributed by atoms with Gasteiger partial charge in [0, 0.05) is 46.0 Å². The summed E-state index contributed by atoms with van der Waals surface area (Å²) in [6.07, 6.45) is 3.84. The molecule has 0 fully saturated rings. The summed E-state index contributed by atoms with van der Waals surface area (Å²) in [4.78, 5) is 9.02. The number of aromatic nitrogens is 2. The molecule has 205 valence electrons. The maximum atomic E-state index is 6.30. The van der Waals surface area contributed by atoms with Crippen molar-refractivity contribution in [2.75, 3.05) is 0 Å². The van der Waals surface area contributed by atoms with Gasteiger partial charge in [-0.1, -0.05) is 86.9 Å². The molecule has 0 saturated heterocycles. The topological polar surface area (TPSA) is 38.9 Å². The van der Waals surface area contributed by atoms with Crippen LogP contribution in [-0.2, 0) is 20.1 Å². The first-order valence-corrected chi connectivity index (χ1v) is 16.9. The Balaban J connectivity index is 0.000000223. The number of aryl methyl sites for hydroxylation is 1. The molecule has 6 rings (SSSR count). The molecule has 6 aromatic rings. The third kappa shape index (κ3) is 6.33. The second-order valence-corrected chi connectivity index (χ2v) is 16.3. The predicted molar refractivity (Wildman–Crippen MR) is 166 cm³/mol. The summed E-state index contributed by atoms with van der Waals surface area (Å²) in [5, 5.41) is 3.82. The number of hydrogen-bond donors (Lipinski definition) is 0. The van der Waals surface area contributed by atoms with Crippen LogP contribution in [0.5, 0.6) is 0 Å². The SMILES string of the molecule is CC(C)c1ccc(-c2[c-]cc([Si](C)(C)C)c3c2oc2ccccc23)nc1.Cc1ccc(-c2[c-]cccc2)nc1.[Ir]. The smallest absolute Gasteiger partial charge is 0.120 e. The van der Waals surface area contributed by atoms with Crippen molar-refractivity contribution < 1.29 is 24.5 Å². The molecule has 40 heavy (non-hydrogen) atoms. The van der Waals surface area contributed by atoms with Gasteiger partial charge in [-0.25, -0.2) is 0 Å². The summed E-state index contributed by atoms with van der Waals surface area (Å²) in [5.74, 6) is 0.473. The summed E-state index contributed by atoms with van der Waals surface area (Å²) in [6.45, 7) is 13.5. The average molecular weight is 719 g/mol. The minimum absolute atomic E-state index is 0. The van der Waals surface area contributed by atoms with Crippen molar-refractivity contribution in [1.82, 2.24) is 9.97 Å². The second kappa shape index (κ2) is 12.4. The number of benzene rings is 3. The van der Waals surface area contributed by atoms with Crippen LogP contribution in [0.1, 0.15) is 30.9 Å². The van der Waals surface area contributed by atoms with Crippen LogP contribution in [0.2, 0.25) is 19.6 Å². The van der Waals surface area contributed by atoms with Crippen molar-refractivity contribution in [1.29, 1.82) is 0 Å². The van der Waals surface area contributed by atoms with Gasteiger partial charge >= 0.3 is 0 Å². The van der Waals surface area contributed by atoms with E-state index in [1.54, 1.807) is 0 Å². The zero-order valence-corrected chi connectivity index (χ0v) is 27.3. The summed E-state index contributed by atoms with van der Waals surface area (Å²) in [7, 11) is -1.54. The summed E-state index contributed by atoms with van der Waals surface area (Å²) in [6, 6.07) is 33.3. The number of fused-ring (bicyclic) bond motifs is 3. The minimum Gasteiger partial charge on any atom is -0.501 e. The molecule has 0 unspecified atom stereocenters. The molecule has 3 aromatic heterocycles. The number of nitrogens with zero attached hydrogens (tertiary/aromatic N) is 2. The van der Waals surface area contributed by atoms with Gasteiger partial charge in [0.15, 0.2) is 0 Å². The van der Waals surface area contributed by atoms with Gasteiger partial charge in [-0.3, -0.25) is 0 Å². The van der Waals surface area contributed by atoms with Crippen LogP contribution >= 0.6 is 0 Å². The maximum Gasteiger partial charge on any atom is 0.120 e. The van der Waals surface area contributed by atoms with Gasteiger partial charge < -0.3 is 14.4 Å². The Labute approximate surface area is 252 Å². The molecule has 0 atom stereocenters. The van der Waals surface area contributed by atoms with Crippen LogP contribution < -0.4 is 5.19 Å². The molecule has 0 saturated carbocycles. The molecule has 1 radical (unpaired) electrons. The van der Waals surface area contributed by atoms with E-state index in [0.717, 1.165) is 33.7 Å². The van der Waals surface area contributed by atoms with Crippen LogP contribution in [0.3, 0.4) is 0 Å². The van der Waals surface area contributed by atoms with Gasteiger partial charge in [-0.05, 0) is 41.4 Å².